The molecule has 0 aromatic heterocycles. The molecule has 0 atom stereocenters. The molecular weight excluding hydrogens is 326 g/mol. The Labute approximate surface area is 155 Å². The number of para-hydroxylation sites is 1. The van der Waals surface area contributed by atoms with E-state index in [9.17, 15) is 9.90 Å². The number of phenols is 1. The zero-order valence-electron chi connectivity index (χ0n) is 15.1. The summed E-state index contributed by atoms with van der Waals surface area (Å²) in [5, 5.41) is 12.8. The zero-order valence-corrected chi connectivity index (χ0v) is 15.1. The maximum atomic E-state index is 12.1. The van der Waals surface area contributed by atoms with Gasteiger partial charge in [0.1, 0.15) is 5.75 Å². The van der Waals surface area contributed by atoms with Gasteiger partial charge in [-0.2, -0.15) is 0 Å². The summed E-state index contributed by atoms with van der Waals surface area (Å²) in [6.45, 7) is 5.70. The number of benzene rings is 2. The van der Waals surface area contributed by atoms with Crippen molar-refractivity contribution in [2.24, 2.45) is 0 Å². The zero-order chi connectivity index (χ0) is 18.2. The van der Waals surface area contributed by atoms with Gasteiger partial charge in [-0.3, -0.25) is 9.69 Å². The number of phenolic OH excluding ortho intramolecular Hbond substituents is 1. The third-order valence-corrected chi connectivity index (χ3v) is 4.85. The lowest BCUT2D eigenvalue weighted by atomic mass is 10.1. The summed E-state index contributed by atoms with van der Waals surface area (Å²) in [7, 11) is 0. The van der Waals surface area contributed by atoms with Crippen LogP contribution in [0.3, 0.4) is 0 Å². The third kappa shape index (κ3) is 5.58. The van der Waals surface area contributed by atoms with Crippen molar-refractivity contribution in [2.45, 2.75) is 13.0 Å². The molecule has 26 heavy (non-hydrogen) atoms. The third-order valence-electron chi connectivity index (χ3n) is 4.85. The lowest BCUT2D eigenvalue weighted by Crippen LogP contribution is -2.49. The SMILES string of the molecule is O=C(CN1CCN(CCc2ccccc2O)CC1)NCc1ccccc1. The van der Waals surface area contributed by atoms with Crippen LogP contribution in [-0.2, 0) is 17.8 Å². The van der Waals surface area contributed by atoms with Crippen molar-refractivity contribution < 1.29 is 9.90 Å². The van der Waals surface area contributed by atoms with Gasteiger partial charge >= 0.3 is 0 Å². The number of carbonyl (C=O) groups excluding carboxylic acids is 1. The predicted molar refractivity (Wildman–Crippen MR) is 103 cm³/mol. The van der Waals surface area contributed by atoms with Crippen molar-refractivity contribution >= 4 is 5.91 Å². The highest BCUT2D eigenvalue weighted by atomic mass is 16.3. The first-order valence-corrected chi connectivity index (χ1v) is 9.23. The van der Waals surface area contributed by atoms with Gasteiger partial charge in [0.25, 0.3) is 0 Å². The van der Waals surface area contributed by atoms with E-state index < -0.39 is 0 Å². The fourth-order valence-electron chi connectivity index (χ4n) is 3.23. The molecule has 5 nitrogen and oxygen atoms in total. The van der Waals surface area contributed by atoms with Crippen LogP contribution in [0.1, 0.15) is 11.1 Å². The van der Waals surface area contributed by atoms with Crippen molar-refractivity contribution in [3.05, 3.63) is 65.7 Å². The Morgan fingerprint density at radius 2 is 1.58 bits per heavy atom. The second-order valence-electron chi connectivity index (χ2n) is 6.76. The van der Waals surface area contributed by atoms with Crippen LogP contribution in [-0.4, -0.2) is 60.1 Å². The Kier molecular flexibility index (Phi) is 6.63. The van der Waals surface area contributed by atoms with E-state index in [0.29, 0.717) is 18.8 Å². The van der Waals surface area contributed by atoms with Gasteiger partial charge in [-0.15, -0.1) is 0 Å². The molecule has 1 fully saturated rings. The largest absolute Gasteiger partial charge is 0.508 e. The van der Waals surface area contributed by atoms with Gasteiger partial charge in [-0.05, 0) is 23.6 Å². The molecule has 1 aliphatic rings. The smallest absolute Gasteiger partial charge is 0.234 e. The summed E-state index contributed by atoms with van der Waals surface area (Å²) in [4.78, 5) is 16.7. The number of aromatic hydroxyl groups is 1. The predicted octanol–water partition coefficient (Wildman–Crippen LogP) is 1.87. The number of hydrogen-bond donors (Lipinski definition) is 2. The highest BCUT2D eigenvalue weighted by Gasteiger charge is 2.18. The van der Waals surface area contributed by atoms with Crippen molar-refractivity contribution in [1.29, 1.82) is 0 Å². The molecule has 1 aliphatic heterocycles. The standard InChI is InChI=1S/C21H27N3O2/c25-20-9-5-4-8-19(20)10-11-23-12-14-24(15-13-23)17-21(26)22-16-18-6-2-1-3-7-18/h1-9,25H,10-17H2,(H,22,26). The van der Waals surface area contributed by atoms with E-state index in [2.05, 4.69) is 15.1 Å². The molecule has 2 aromatic carbocycles. The monoisotopic (exact) mass is 353 g/mol. The lowest BCUT2D eigenvalue weighted by molar-refractivity contribution is -0.122. The molecule has 1 amide bonds. The van der Waals surface area contributed by atoms with Crippen LogP contribution in [0.5, 0.6) is 5.75 Å². The van der Waals surface area contributed by atoms with E-state index in [1.54, 1.807) is 6.07 Å². The van der Waals surface area contributed by atoms with Crippen LogP contribution in [0, 0.1) is 0 Å². The molecule has 138 valence electrons. The van der Waals surface area contributed by atoms with Crippen LogP contribution >= 0.6 is 0 Å². The van der Waals surface area contributed by atoms with Crippen molar-refractivity contribution in [3.63, 3.8) is 0 Å². The topological polar surface area (TPSA) is 55.8 Å². The summed E-state index contributed by atoms with van der Waals surface area (Å²) in [5.74, 6) is 0.456. The molecule has 1 heterocycles. The number of nitrogens with one attached hydrogen (secondary N) is 1. The highest BCUT2D eigenvalue weighted by Crippen LogP contribution is 2.16. The average Bonchev–Trinajstić information content (AvgIpc) is 2.68. The number of hydrogen-bond acceptors (Lipinski definition) is 4. The van der Waals surface area contributed by atoms with Gasteiger partial charge in [-0.1, -0.05) is 48.5 Å². The van der Waals surface area contributed by atoms with E-state index in [0.717, 1.165) is 50.3 Å². The molecule has 2 N–H and O–H groups in total. The number of amides is 1. The quantitative estimate of drug-likeness (QED) is 0.798. The second-order valence-corrected chi connectivity index (χ2v) is 6.76. The van der Waals surface area contributed by atoms with E-state index >= 15 is 0 Å². The van der Waals surface area contributed by atoms with E-state index in [1.807, 2.05) is 48.5 Å². The summed E-state index contributed by atoms with van der Waals surface area (Å²) < 4.78 is 0. The molecule has 0 bridgehead atoms. The Balaban J connectivity index is 1.34. The number of piperazine rings is 1. The van der Waals surface area contributed by atoms with Crippen LogP contribution in [0.25, 0.3) is 0 Å². The molecule has 1 saturated heterocycles. The minimum Gasteiger partial charge on any atom is -0.508 e. The van der Waals surface area contributed by atoms with Crippen LogP contribution in [0.4, 0.5) is 0 Å². The van der Waals surface area contributed by atoms with E-state index in [1.165, 1.54) is 0 Å². The molecule has 0 unspecified atom stereocenters. The normalized spacial score (nSPS) is 15.7. The van der Waals surface area contributed by atoms with Crippen LogP contribution < -0.4 is 5.32 Å². The lowest BCUT2D eigenvalue weighted by Gasteiger charge is -2.34. The van der Waals surface area contributed by atoms with E-state index in [4.69, 9.17) is 0 Å². The molecule has 3 rings (SSSR count). The van der Waals surface area contributed by atoms with Gasteiger partial charge in [0.05, 0.1) is 6.54 Å². The molecule has 0 aliphatic carbocycles. The van der Waals surface area contributed by atoms with E-state index in [-0.39, 0.29) is 5.91 Å². The van der Waals surface area contributed by atoms with Gasteiger partial charge < -0.3 is 15.3 Å². The Bertz CT molecular complexity index is 697. The van der Waals surface area contributed by atoms with Crippen molar-refractivity contribution in [1.82, 2.24) is 15.1 Å². The summed E-state index contributed by atoms with van der Waals surface area (Å²) in [6, 6.07) is 17.5. The van der Waals surface area contributed by atoms with Crippen molar-refractivity contribution in [2.75, 3.05) is 39.3 Å². The van der Waals surface area contributed by atoms with Crippen molar-refractivity contribution in [3.8, 4) is 5.75 Å². The minimum absolute atomic E-state index is 0.0801. The first-order valence-electron chi connectivity index (χ1n) is 9.23. The van der Waals surface area contributed by atoms with Gasteiger partial charge in [0.15, 0.2) is 0 Å². The second kappa shape index (κ2) is 9.36. The first kappa shape index (κ1) is 18.4. The summed E-state index contributed by atoms with van der Waals surface area (Å²) in [5.41, 5.74) is 2.12. The molecule has 0 saturated carbocycles. The number of rotatable bonds is 7. The summed E-state index contributed by atoms with van der Waals surface area (Å²) >= 11 is 0. The Hall–Kier alpha value is -2.37. The first-order chi connectivity index (χ1) is 12.7. The van der Waals surface area contributed by atoms with Gasteiger partial charge in [0.2, 0.25) is 5.91 Å². The fourth-order valence-corrected chi connectivity index (χ4v) is 3.23. The molecule has 5 heteroatoms. The fraction of sp³-hybridized carbons (Fsp3) is 0.381. The number of carbonyl (C=O) groups is 1. The van der Waals surface area contributed by atoms with Gasteiger partial charge in [-0.25, -0.2) is 0 Å². The summed E-state index contributed by atoms with van der Waals surface area (Å²) in [6.07, 6.45) is 0.851. The highest BCUT2D eigenvalue weighted by molar-refractivity contribution is 5.78. The molecule has 0 radical (unpaired) electrons. The average molecular weight is 353 g/mol. The molecule has 2 aromatic rings. The Morgan fingerprint density at radius 1 is 0.923 bits per heavy atom. The van der Waals surface area contributed by atoms with Gasteiger partial charge in [0, 0.05) is 39.3 Å². The maximum Gasteiger partial charge on any atom is 0.234 e. The minimum atomic E-state index is 0.0801. The molecule has 0 spiro atoms. The molecular formula is C21H27N3O2. The Morgan fingerprint density at radius 3 is 2.31 bits per heavy atom. The maximum absolute atomic E-state index is 12.1. The van der Waals surface area contributed by atoms with Crippen LogP contribution in [0.15, 0.2) is 54.6 Å². The number of nitrogens with zero attached hydrogens (tertiary/aromatic N) is 2. The van der Waals surface area contributed by atoms with Crippen LogP contribution in [0.2, 0.25) is 0 Å².